The van der Waals surface area contributed by atoms with Crippen molar-refractivity contribution in [1.29, 1.82) is 0 Å². The van der Waals surface area contributed by atoms with Crippen LogP contribution in [-0.4, -0.2) is 41.2 Å². The first-order valence-corrected chi connectivity index (χ1v) is 6.58. The van der Waals surface area contributed by atoms with E-state index in [1.165, 1.54) is 0 Å². The molecule has 0 radical (unpaired) electrons. The lowest BCUT2D eigenvalue weighted by Gasteiger charge is -2.44. The minimum atomic E-state index is -0.428. The number of β-amino-alcohol motifs (C(OH)–C–C–N with tert-alkyl or cyclic N) is 1. The highest BCUT2D eigenvalue weighted by Gasteiger charge is 2.37. The monoisotopic (exact) mass is 263 g/mol. The summed E-state index contributed by atoms with van der Waals surface area (Å²) in [4.78, 5) is 14.3. The van der Waals surface area contributed by atoms with E-state index in [0.717, 1.165) is 12.8 Å². The van der Waals surface area contributed by atoms with Gasteiger partial charge in [-0.1, -0.05) is 6.07 Å². The largest absolute Gasteiger partial charge is 0.497 e. The van der Waals surface area contributed by atoms with E-state index in [1.807, 2.05) is 19.9 Å². The summed E-state index contributed by atoms with van der Waals surface area (Å²) in [5.74, 6) is 0.615. The lowest BCUT2D eigenvalue weighted by molar-refractivity contribution is 0.00152. The Morgan fingerprint density at radius 3 is 2.89 bits per heavy atom. The van der Waals surface area contributed by atoms with Crippen molar-refractivity contribution in [2.45, 2.75) is 38.3 Å². The molecule has 1 aliphatic rings. The van der Waals surface area contributed by atoms with Gasteiger partial charge in [-0.3, -0.25) is 4.79 Å². The van der Waals surface area contributed by atoms with Crippen LogP contribution in [0.2, 0.25) is 0 Å². The number of nitrogens with zero attached hydrogens (tertiary/aromatic N) is 1. The number of piperidine rings is 1. The van der Waals surface area contributed by atoms with E-state index in [4.69, 9.17) is 4.74 Å². The van der Waals surface area contributed by atoms with E-state index in [9.17, 15) is 9.90 Å². The normalized spacial score (nSPS) is 22.1. The summed E-state index contributed by atoms with van der Waals surface area (Å²) in [7, 11) is 1.58. The lowest BCUT2D eigenvalue weighted by atomic mass is 9.88. The Labute approximate surface area is 114 Å². The number of rotatable bonds is 2. The highest BCUT2D eigenvalue weighted by atomic mass is 16.5. The van der Waals surface area contributed by atoms with E-state index in [2.05, 4.69) is 0 Å². The van der Waals surface area contributed by atoms with Gasteiger partial charge in [0.15, 0.2) is 0 Å². The van der Waals surface area contributed by atoms with Crippen LogP contribution < -0.4 is 4.74 Å². The fourth-order valence-corrected chi connectivity index (χ4v) is 2.47. The molecule has 2 rings (SSSR count). The molecule has 104 valence electrons. The molecule has 19 heavy (non-hydrogen) atoms. The van der Waals surface area contributed by atoms with Crippen LogP contribution in [0.3, 0.4) is 0 Å². The van der Waals surface area contributed by atoms with Gasteiger partial charge in [-0.15, -0.1) is 0 Å². The molecule has 1 N–H and O–H groups in total. The Kier molecular flexibility index (Phi) is 3.80. The van der Waals surface area contributed by atoms with Crippen molar-refractivity contribution in [3.05, 3.63) is 29.8 Å². The second kappa shape index (κ2) is 5.21. The van der Waals surface area contributed by atoms with E-state index in [0.29, 0.717) is 17.9 Å². The standard InChI is InChI=1S/C15H21NO3/c1-15(2)8-7-12(17)10-16(15)14(18)11-5-4-6-13(9-11)19-3/h4-6,9,12,17H,7-8,10H2,1-3H3. The molecule has 1 fully saturated rings. The van der Waals surface area contributed by atoms with Gasteiger partial charge in [0.2, 0.25) is 0 Å². The summed E-state index contributed by atoms with van der Waals surface area (Å²) >= 11 is 0. The van der Waals surface area contributed by atoms with Crippen LogP contribution in [0.15, 0.2) is 24.3 Å². The topological polar surface area (TPSA) is 49.8 Å². The molecular weight excluding hydrogens is 242 g/mol. The second-order valence-corrected chi connectivity index (χ2v) is 5.65. The maximum Gasteiger partial charge on any atom is 0.254 e. The van der Waals surface area contributed by atoms with Crippen LogP contribution >= 0.6 is 0 Å². The lowest BCUT2D eigenvalue weighted by Crippen LogP contribution is -2.54. The van der Waals surface area contributed by atoms with Gasteiger partial charge in [-0.25, -0.2) is 0 Å². The van der Waals surface area contributed by atoms with Crippen molar-refractivity contribution < 1.29 is 14.6 Å². The first-order chi connectivity index (χ1) is 8.94. The smallest absolute Gasteiger partial charge is 0.254 e. The van der Waals surface area contributed by atoms with Crippen molar-refractivity contribution in [2.75, 3.05) is 13.7 Å². The SMILES string of the molecule is COc1cccc(C(=O)N2CC(O)CCC2(C)C)c1. The number of aliphatic hydroxyl groups excluding tert-OH is 1. The number of methoxy groups -OCH3 is 1. The molecule has 1 unspecified atom stereocenters. The maximum absolute atomic E-state index is 12.6. The quantitative estimate of drug-likeness (QED) is 0.888. The summed E-state index contributed by atoms with van der Waals surface area (Å²) < 4.78 is 5.15. The summed E-state index contributed by atoms with van der Waals surface area (Å²) in [6, 6.07) is 7.13. The average Bonchev–Trinajstić information content (AvgIpc) is 2.41. The number of carbonyl (C=O) groups excluding carboxylic acids is 1. The van der Waals surface area contributed by atoms with Gasteiger partial charge >= 0.3 is 0 Å². The average molecular weight is 263 g/mol. The molecule has 1 saturated heterocycles. The molecule has 0 bridgehead atoms. The van der Waals surface area contributed by atoms with Crippen LogP contribution in [-0.2, 0) is 0 Å². The maximum atomic E-state index is 12.6. The van der Waals surface area contributed by atoms with Crippen LogP contribution in [0.25, 0.3) is 0 Å². The third-order valence-electron chi connectivity index (χ3n) is 3.78. The third kappa shape index (κ3) is 2.89. The molecule has 4 nitrogen and oxygen atoms in total. The molecule has 4 heteroatoms. The van der Waals surface area contributed by atoms with Crippen LogP contribution in [0, 0.1) is 0 Å². The van der Waals surface area contributed by atoms with Crippen molar-refractivity contribution in [3.8, 4) is 5.75 Å². The number of aliphatic hydroxyl groups is 1. The summed E-state index contributed by atoms with van der Waals surface area (Å²) in [6.45, 7) is 4.47. The minimum absolute atomic E-state index is 0.0531. The van der Waals surface area contributed by atoms with Gasteiger partial charge in [-0.05, 0) is 44.9 Å². The van der Waals surface area contributed by atoms with Gasteiger partial charge in [-0.2, -0.15) is 0 Å². The van der Waals surface area contributed by atoms with Gasteiger partial charge in [0.1, 0.15) is 5.75 Å². The Morgan fingerprint density at radius 2 is 2.21 bits per heavy atom. The zero-order chi connectivity index (χ0) is 14.0. The number of hydrogen-bond donors (Lipinski definition) is 1. The fraction of sp³-hybridized carbons (Fsp3) is 0.533. The number of carbonyl (C=O) groups is 1. The molecule has 1 aliphatic heterocycles. The molecular formula is C15H21NO3. The summed E-state index contributed by atoms with van der Waals surface area (Å²) in [5, 5.41) is 9.79. The van der Waals surface area contributed by atoms with Crippen LogP contribution in [0.5, 0.6) is 5.75 Å². The number of likely N-dealkylation sites (tertiary alicyclic amines) is 1. The molecule has 1 amide bonds. The Morgan fingerprint density at radius 1 is 1.47 bits per heavy atom. The Hall–Kier alpha value is -1.55. The highest BCUT2D eigenvalue weighted by molar-refractivity contribution is 5.95. The molecule has 1 atom stereocenters. The number of ether oxygens (including phenoxy) is 1. The first kappa shape index (κ1) is 13.9. The number of benzene rings is 1. The van der Waals surface area contributed by atoms with E-state index >= 15 is 0 Å². The number of hydrogen-bond acceptors (Lipinski definition) is 3. The van der Waals surface area contributed by atoms with Gasteiger partial charge in [0.05, 0.1) is 13.2 Å². The van der Waals surface area contributed by atoms with Gasteiger partial charge < -0.3 is 14.7 Å². The molecule has 1 aromatic rings. The predicted molar refractivity (Wildman–Crippen MR) is 73.4 cm³/mol. The highest BCUT2D eigenvalue weighted by Crippen LogP contribution is 2.29. The molecule has 0 saturated carbocycles. The van der Waals surface area contributed by atoms with Crippen molar-refractivity contribution >= 4 is 5.91 Å². The first-order valence-electron chi connectivity index (χ1n) is 6.58. The zero-order valence-electron chi connectivity index (χ0n) is 11.7. The summed E-state index contributed by atoms with van der Waals surface area (Å²) in [6.07, 6.45) is 1.13. The van der Waals surface area contributed by atoms with E-state index in [1.54, 1.807) is 30.2 Å². The van der Waals surface area contributed by atoms with Crippen LogP contribution in [0.4, 0.5) is 0 Å². The summed E-state index contributed by atoms with van der Waals surface area (Å²) in [5.41, 5.74) is 0.376. The molecule has 0 spiro atoms. The molecule has 0 aromatic heterocycles. The minimum Gasteiger partial charge on any atom is -0.497 e. The van der Waals surface area contributed by atoms with E-state index < -0.39 is 6.10 Å². The van der Waals surface area contributed by atoms with E-state index in [-0.39, 0.29) is 11.4 Å². The molecule has 1 aromatic carbocycles. The van der Waals surface area contributed by atoms with Crippen LogP contribution in [0.1, 0.15) is 37.0 Å². The van der Waals surface area contributed by atoms with Crippen molar-refractivity contribution in [2.24, 2.45) is 0 Å². The van der Waals surface area contributed by atoms with Crippen molar-refractivity contribution in [1.82, 2.24) is 4.90 Å². The fourth-order valence-electron chi connectivity index (χ4n) is 2.47. The molecule has 0 aliphatic carbocycles. The third-order valence-corrected chi connectivity index (χ3v) is 3.78. The predicted octanol–water partition coefficient (Wildman–Crippen LogP) is 2.07. The Balaban J connectivity index is 2.26. The molecule has 1 heterocycles. The number of amides is 1. The van der Waals surface area contributed by atoms with Gasteiger partial charge in [0, 0.05) is 17.6 Å². The zero-order valence-corrected chi connectivity index (χ0v) is 11.7. The second-order valence-electron chi connectivity index (χ2n) is 5.65. The van der Waals surface area contributed by atoms with Crippen molar-refractivity contribution in [3.63, 3.8) is 0 Å². The van der Waals surface area contributed by atoms with Gasteiger partial charge in [0.25, 0.3) is 5.91 Å². The Bertz CT molecular complexity index is 470.